The molecule has 0 bridgehead atoms. The Morgan fingerprint density at radius 1 is 1.47 bits per heavy atom. The molecule has 0 saturated heterocycles. The topological polar surface area (TPSA) is 42.2 Å². The lowest BCUT2D eigenvalue weighted by molar-refractivity contribution is 0.649. The molecule has 0 atom stereocenters. The molecule has 0 aromatic carbocycles. The third-order valence-electron chi connectivity index (χ3n) is 3.36. The molecule has 0 spiro atoms. The number of rotatable bonds is 3. The van der Waals surface area contributed by atoms with Crippen LogP contribution in [0.3, 0.4) is 0 Å². The summed E-state index contributed by atoms with van der Waals surface area (Å²) >= 11 is 0. The summed E-state index contributed by atoms with van der Waals surface area (Å²) in [6.45, 7) is 0.592. The summed E-state index contributed by atoms with van der Waals surface area (Å²) < 4.78 is 0. The monoisotopic (exact) mass is 205 g/mol. The van der Waals surface area contributed by atoms with Crippen LogP contribution in [-0.2, 0) is 6.54 Å². The van der Waals surface area contributed by atoms with E-state index in [1.165, 1.54) is 36.9 Å². The van der Waals surface area contributed by atoms with Crippen molar-refractivity contribution in [3.05, 3.63) is 24.0 Å². The molecule has 1 aromatic rings. The fourth-order valence-corrected chi connectivity index (χ4v) is 2.39. The zero-order chi connectivity index (χ0) is 10.7. The molecule has 1 aliphatic rings. The molecule has 3 nitrogen and oxygen atoms in total. The predicted octanol–water partition coefficient (Wildman–Crippen LogP) is 1.92. The van der Waals surface area contributed by atoms with Crippen molar-refractivity contribution >= 4 is 5.69 Å². The van der Waals surface area contributed by atoms with E-state index in [9.17, 15) is 0 Å². The molecule has 1 fully saturated rings. The molecule has 3 heteroatoms. The second kappa shape index (κ2) is 4.62. The van der Waals surface area contributed by atoms with E-state index in [-0.39, 0.29) is 0 Å². The van der Waals surface area contributed by atoms with E-state index in [4.69, 9.17) is 5.73 Å². The fraction of sp³-hybridized carbons (Fsp3) is 0.583. The first-order valence-corrected chi connectivity index (χ1v) is 5.68. The highest BCUT2D eigenvalue weighted by molar-refractivity contribution is 5.51. The van der Waals surface area contributed by atoms with Gasteiger partial charge in [0.05, 0.1) is 11.9 Å². The van der Waals surface area contributed by atoms with Gasteiger partial charge in [0.2, 0.25) is 0 Å². The fourth-order valence-electron chi connectivity index (χ4n) is 2.39. The molecule has 15 heavy (non-hydrogen) atoms. The van der Waals surface area contributed by atoms with Crippen molar-refractivity contribution < 1.29 is 0 Å². The number of anilines is 1. The Balaban J connectivity index is 2.19. The molecule has 0 unspecified atom stereocenters. The van der Waals surface area contributed by atoms with Crippen molar-refractivity contribution in [1.29, 1.82) is 0 Å². The van der Waals surface area contributed by atoms with Gasteiger partial charge in [-0.2, -0.15) is 0 Å². The van der Waals surface area contributed by atoms with E-state index >= 15 is 0 Å². The van der Waals surface area contributed by atoms with Crippen LogP contribution in [0.25, 0.3) is 0 Å². The van der Waals surface area contributed by atoms with Crippen LogP contribution in [0.2, 0.25) is 0 Å². The molecule has 1 aliphatic carbocycles. The molecule has 0 amide bonds. The van der Waals surface area contributed by atoms with Crippen molar-refractivity contribution in [2.45, 2.75) is 38.3 Å². The van der Waals surface area contributed by atoms with E-state index in [2.05, 4.69) is 16.9 Å². The Labute approximate surface area is 91.3 Å². The minimum atomic E-state index is 0.592. The molecule has 2 N–H and O–H groups in total. The Morgan fingerprint density at radius 3 is 2.87 bits per heavy atom. The summed E-state index contributed by atoms with van der Waals surface area (Å²) in [4.78, 5) is 6.54. The van der Waals surface area contributed by atoms with Crippen molar-refractivity contribution in [3.8, 4) is 0 Å². The standard InChI is InChI=1S/C12H19N3/c1-15(11-4-2-3-5-11)12-9-14-7-6-10(12)8-13/h6-7,9,11H,2-5,8,13H2,1H3. The van der Waals surface area contributed by atoms with E-state index in [1.807, 2.05) is 18.5 Å². The number of nitrogens with zero attached hydrogens (tertiary/aromatic N) is 2. The van der Waals surface area contributed by atoms with Crippen LogP contribution in [0.4, 0.5) is 5.69 Å². The molecule has 82 valence electrons. The molecular formula is C12H19N3. The molecule has 1 heterocycles. The normalized spacial score (nSPS) is 16.9. The summed E-state index contributed by atoms with van der Waals surface area (Å²) in [5.41, 5.74) is 8.13. The summed E-state index contributed by atoms with van der Waals surface area (Å²) in [5, 5.41) is 0. The number of hydrogen-bond acceptors (Lipinski definition) is 3. The third kappa shape index (κ3) is 2.12. The second-order valence-corrected chi connectivity index (χ2v) is 4.26. The van der Waals surface area contributed by atoms with E-state index in [1.54, 1.807) is 0 Å². The zero-order valence-electron chi connectivity index (χ0n) is 9.32. The Kier molecular flexibility index (Phi) is 3.21. The van der Waals surface area contributed by atoms with Crippen LogP contribution in [0, 0.1) is 0 Å². The van der Waals surface area contributed by atoms with Crippen molar-refractivity contribution in [3.63, 3.8) is 0 Å². The lowest BCUT2D eigenvalue weighted by atomic mass is 10.1. The highest BCUT2D eigenvalue weighted by Crippen LogP contribution is 2.28. The summed E-state index contributed by atoms with van der Waals surface area (Å²) in [7, 11) is 2.16. The Morgan fingerprint density at radius 2 is 2.20 bits per heavy atom. The van der Waals surface area contributed by atoms with Gasteiger partial charge >= 0.3 is 0 Å². The largest absolute Gasteiger partial charge is 0.370 e. The Bertz CT molecular complexity index is 318. The van der Waals surface area contributed by atoms with Gasteiger partial charge in [-0.3, -0.25) is 4.98 Å². The van der Waals surface area contributed by atoms with Gasteiger partial charge in [-0.15, -0.1) is 0 Å². The predicted molar refractivity (Wildman–Crippen MR) is 62.8 cm³/mol. The molecule has 0 aliphatic heterocycles. The second-order valence-electron chi connectivity index (χ2n) is 4.26. The van der Waals surface area contributed by atoms with E-state index in [0.29, 0.717) is 12.6 Å². The van der Waals surface area contributed by atoms with Crippen LogP contribution in [0.1, 0.15) is 31.2 Å². The van der Waals surface area contributed by atoms with Crippen molar-refractivity contribution in [1.82, 2.24) is 4.98 Å². The van der Waals surface area contributed by atoms with E-state index < -0.39 is 0 Å². The average molecular weight is 205 g/mol. The van der Waals surface area contributed by atoms with Gasteiger partial charge in [-0.1, -0.05) is 12.8 Å². The first kappa shape index (κ1) is 10.4. The highest BCUT2D eigenvalue weighted by Gasteiger charge is 2.21. The van der Waals surface area contributed by atoms with Gasteiger partial charge in [0.15, 0.2) is 0 Å². The van der Waals surface area contributed by atoms with Gasteiger partial charge in [0.25, 0.3) is 0 Å². The number of nitrogens with two attached hydrogens (primary N) is 1. The first-order chi connectivity index (χ1) is 7.33. The molecule has 0 radical (unpaired) electrons. The summed E-state index contributed by atoms with van der Waals surface area (Å²) in [6, 6.07) is 2.69. The molecule has 1 aromatic heterocycles. The van der Waals surface area contributed by atoms with Gasteiger partial charge < -0.3 is 10.6 Å². The van der Waals surface area contributed by atoms with Crippen LogP contribution in [0.15, 0.2) is 18.5 Å². The number of pyridine rings is 1. The minimum absolute atomic E-state index is 0.592. The zero-order valence-corrected chi connectivity index (χ0v) is 9.32. The van der Waals surface area contributed by atoms with Crippen LogP contribution < -0.4 is 10.6 Å². The van der Waals surface area contributed by atoms with Gasteiger partial charge in [-0.05, 0) is 24.5 Å². The number of aromatic nitrogens is 1. The highest BCUT2D eigenvalue weighted by atomic mass is 15.1. The van der Waals surface area contributed by atoms with Crippen LogP contribution in [-0.4, -0.2) is 18.1 Å². The summed E-state index contributed by atoms with van der Waals surface area (Å²) in [5.74, 6) is 0. The lowest BCUT2D eigenvalue weighted by Gasteiger charge is -2.28. The van der Waals surface area contributed by atoms with Crippen molar-refractivity contribution in [2.75, 3.05) is 11.9 Å². The number of hydrogen-bond donors (Lipinski definition) is 1. The Hall–Kier alpha value is -1.09. The average Bonchev–Trinajstić information content (AvgIpc) is 2.81. The van der Waals surface area contributed by atoms with Gasteiger partial charge in [0, 0.05) is 25.8 Å². The lowest BCUT2D eigenvalue weighted by Crippen LogP contribution is -2.30. The molecular weight excluding hydrogens is 186 g/mol. The van der Waals surface area contributed by atoms with Crippen LogP contribution in [0.5, 0.6) is 0 Å². The SMILES string of the molecule is CN(c1cnccc1CN)C1CCCC1. The minimum Gasteiger partial charge on any atom is -0.370 e. The first-order valence-electron chi connectivity index (χ1n) is 5.68. The summed E-state index contributed by atoms with van der Waals surface area (Å²) in [6.07, 6.45) is 9.06. The van der Waals surface area contributed by atoms with Crippen LogP contribution >= 0.6 is 0 Å². The van der Waals surface area contributed by atoms with Gasteiger partial charge in [-0.25, -0.2) is 0 Å². The van der Waals surface area contributed by atoms with Gasteiger partial charge in [0.1, 0.15) is 0 Å². The maximum absolute atomic E-state index is 5.73. The smallest absolute Gasteiger partial charge is 0.0598 e. The van der Waals surface area contributed by atoms with Crippen molar-refractivity contribution in [2.24, 2.45) is 5.73 Å². The maximum Gasteiger partial charge on any atom is 0.0598 e. The quantitative estimate of drug-likeness (QED) is 0.819. The third-order valence-corrected chi connectivity index (χ3v) is 3.36. The molecule has 2 rings (SSSR count). The maximum atomic E-state index is 5.73. The van der Waals surface area contributed by atoms with E-state index in [0.717, 1.165) is 0 Å². The molecule has 1 saturated carbocycles.